The van der Waals surface area contributed by atoms with Gasteiger partial charge in [0.1, 0.15) is 11.5 Å². The van der Waals surface area contributed by atoms with E-state index < -0.39 is 0 Å². The summed E-state index contributed by atoms with van der Waals surface area (Å²) in [6.45, 7) is 2.22. The molecule has 4 atom stereocenters. The molecule has 27 heavy (non-hydrogen) atoms. The number of phenols is 1. The molecule has 0 bridgehead atoms. The first-order valence-electron chi connectivity index (χ1n) is 10.2. The van der Waals surface area contributed by atoms with E-state index in [0.29, 0.717) is 35.0 Å². The van der Waals surface area contributed by atoms with Gasteiger partial charge in [-0.05, 0) is 90.8 Å². The maximum atomic E-state index is 12.5. The van der Waals surface area contributed by atoms with Crippen molar-refractivity contribution in [1.82, 2.24) is 0 Å². The Labute approximate surface area is 160 Å². The lowest BCUT2D eigenvalue weighted by Gasteiger charge is -2.48. The Morgan fingerprint density at radius 3 is 2.78 bits per heavy atom. The zero-order valence-electron chi connectivity index (χ0n) is 15.9. The number of ketones is 1. The number of carbonyl (C=O) groups is 1. The number of carbonyl (C=O) groups excluding carboxylic acids is 1. The Bertz CT molecular complexity index is 934. The number of anilines is 1. The van der Waals surface area contributed by atoms with Crippen LogP contribution in [0.1, 0.15) is 56.1 Å². The summed E-state index contributed by atoms with van der Waals surface area (Å²) in [5.74, 6) is 2.47. The van der Waals surface area contributed by atoms with Crippen LogP contribution in [-0.2, 0) is 11.2 Å². The number of Topliss-reactive ketones (excluding diaryl/α,β-unsaturated/α-hetero) is 1. The number of nitrogens with two attached hydrogens (primary N) is 1. The molecule has 2 fully saturated rings. The van der Waals surface area contributed by atoms with Crippen LogP contribution < -0.4 is 5.73 Å². The van der Waals surface area contributed by atoms with Crippen molar-refractivity contribution >= 4 is 11.5 Å². The zero-order chi connectivity index (χ0) is 18.8. The van der Waals surface area contributed by atoms with Gasteiger partial charge in [-0.25, -0.2) is 0 Å². The first-order valence-corrected chi connectivity index (χ1v) is 10.2. The molecule has 2 saturated carbocycles. The summed E-state index contributed by atoms with van der Waals surface area (Å²) in [5.41, 5.74) is 11.1. The highest BCUT2D eigenvalue weighted by molar-refractivity contribution is 5.87. The van der Waals surface area contributed by atoms with Gasteiger partial charge in [0.25, 0.3) is 0 Å². The molecule has 140 valence electrons. The minimum atomic E-state index is -0.0910. The fourth-order valence-corrected chi connectivity index (χ4v) is 6.32. The highest BCUT2D eigenvalue weighted by Gasteiger charge is 2.54. The molecule has 3 aliphatic rings. The molecule has 3 aliphatic carbocycles. The lowest BCUT2D eigenvalue weighted by Crippen LogP contribution is -2.42. The minimum absolute atomic E-state index is 0.0910. The van der Waals surface area contributed by atoms with Gasteiger partial charge in [-0.15, -0.1) is 0 Å². The minimum Gasteiger partial charge on any atom is -0.507 e. The van der Waals surface area contributed by atoms with E-state index in [1.165, 1.54) is 11.1 Å². The summed E-state index contributed by atoms with van der Waals surface area (Å²) in [7, 11) is 0. The maximum absolute atomic E-state index is 12.5. The monoisotopic (exact) mass is 361 g/mol. The number of fused-ring (bicyclic) bond motifs is 5. The Morgan fingerprint density at radius 1 is 1.11 bits per heavy atom. The average Bonchev–Trinajstić information content (AvgIpc) is 2.96. The normalized spacial score (nSPS) is 31.9. The first kappa shape index (κ1) is 16.9. The van der Waals surface area contributed by atoms with E-state index in [1.54, 1.807) is 0 Å². The predicted molar refractivity (Wildman–Crippen MR) is 108 cm³/mol. The van der Waals surface area contributed by atoms with E-state index in [2.05, 4.69) is 13.0 Å². The molecule has 3 N–H and O–H groups in total. The van der Waals surface area contributed by atoms with Crippen LogP contribution >= 0.6 is 0 Å². The molecular weight excluding hydrogens is 334 g/mol. The van der Waals surface area contributed by atoms with Crippen LogP contribution in [0.4, 0.5) is 5.69 Å². The largest absolute Gasteiger partial charge is 0.507 e. The smallest absolute Gasteiger partial charge is 0.139 e. The molecule has 0 amide bonds. The number of hydrogen-bond donors (Lipinski definition) is 2. The van der Waals surface area contributed by atoms with Gasteiger partial charge in [-0.2, -0.15) is 0 Å². The van der Waals surface area contributed by atoms with Crippen molar-refractivity contribution in [1.29, 1.82) is 0 Å². The molecule has 0 radical (unpaired) electrons. The molecule has 0 unspecified atom stereocenters. The van der Waals surface area contributed by atoms with Crippen LogP contribution in [0.15, 0.2) is 36.4 Å². The number of aryl methyl sites for hydroxylation is 1. The van der Waals surface area contributed by atoms with Crippen LogP contribution in [0.3, 0.4) is 0 Å². The second-order valence-corrected chi connectivity index (χ2v) is 9.03. The Morgan fingerprint density at radius 2 is 1.96 bits per heavy atom. The van der Waals surface area contributed by atoms with Crippen LogP contribution in [0.2, 0.25) is 0 Å². The molecule has 0 aromatic heterocycles. The van der Waals surface area contributed by atoms with Crippen LogP contribution in [0, 0.1) is 17.3 Å². The Balaban J connectivity index is 1.57. The molecule has 0 saturated heterocycles. The van der Waals surface area contributed by atoms with E-state index >= 15 is 0 Å². The van der Waals surface area contributed by atoms with Gasteiger partial charge in [0, 0.05) is 23.1 Å². The van der Waals surface area contributed by atoms with Gasteiger partial charge in [0.2, 0.25) is 0 Å². The van der Waals surface area contributed by atoms with E-state index in [9.17, 15) is 9.90 Å². The fraction of sp³-hybridized carbons (Fsp3) is 0.458. The average molecular weight is 361 g/mol. The summed E-state index contributed by atoms with van der Waals surface area (Å²) in [6, 6.07) is 11.9. The topological polar surface area (TPSA) is 63.3 Å². The van der Waals surface area contributed by atoms with Gasteiger partial charge < -0.3 is 10.8 Å². The second-order valence-electron chi connectivity index (χ2n) is 9.03. The van der Waals surface area contributed by atoms with E-state index in [1.807, 2.05) is 30.3 Å². The highest BCUT2D eigenvalue weighted by Crippen LogP contribution is 2.60. The number of aromatic hydroxyl groups is 1. The van der Waals surface area contributed by atoms with E-state index in [-0.39, 0.29) is 5.41 Å². The van der Waals surface area contributed by atoms with Crippen molar-refractivity contribution in [2.75, 3.05) is 5.73 Å². The molecule has 3 nitrogen and oxygen atoms in total. The summed E-state index contributed by atoms with van der Waals surface area (Å²) >= 11 is 0. The lowest BCUT2D eigenvalue weighted by atomic mass is 9.55. The highest BCUT2D eigenvalue weighted by atomic mass is 16.3. The van der Waals surface area contributed by atoms with Crippen molar-refractivity contribution in [3.8, 4) is 16.9 Å². The number of hydrogen-bond acceptors (Lipinski definition) is 3. The zero-order valence-corrected chi connectivity index (χ0v) is 15.9. The van der Waals surface area contributed by atoms with Gasteiger partial charge in [0.05, 0.1) is 0 Å². The Hall–Kier alpha value is -2.29. The molecule has 0 aliphatic heterocycles. The van der Waals surface area contributed by atoms with Crippen molar-refractivity contribution in [3.05, 3.63) is 47.5 Å². The van der Waals surface area contributed by atoms with Crippen molar-refractivity contribution in [3.63, 3.8) is 0 Å². The van der Waals surface area contributed by atoms with Gasteiger partial charge >= 0.3 is 0 Å². The van der Waals surface area contributed by atoms with Gasteiger partial charge in [-0.3, -0.25) is 4.79 Å². The standard InChI is InChI=1S/C24H27NO2/c1-24-10-9-17-18(21(24)7-8-23(24)27)6-5-15-12-22(26)20(13-19(15)17)14-3-2-4-16(25)11-14/h2-4,11-13,17-18,21,26H,5-10,25H2,1H3/t17-,18+,21-,24-/m0/s1. The molecule has 2 aromatic rings. The first-order chi connectivity index (χ1) is 13.0. The number of nitrogen functional groups attached to an aromatic ring is 1. The van der Waals surface area contributed by atoms with Crippen LogP contribution in [-0.4, -0.2) is 10.9 Å². The van der Waals surface area contributed by atoms with Gasteiger partial charge in [-0.1, -0.05) is 19.1 Å². The molecule has 3 heteroatoms. The SMILES string of the molecule is C[C@]12CC[C@@H]3c4cc(-c5cccc(N)c5)c(O)cc4CC[C@H]3[C@@H]1CCC2=O. The molecular formula is C24H27NO2. The third-order valence-corrected chi connectivity index (χ3v) is 7.75. The predicted octanol–water partition coefficient (Wildman–Crippen LogP) is 5.07. The maximum Gasteiger partial charge on any atom is 0.139 e. The van der Waals surface area contributed by atoms with Gasteiger partial charge in [0.15, 0.2) is 0 Å². The molecule has 2 aromatic carbocycles. The van der Waals surface area contributed by atoms with E-state index in [0.717, 1.165) is 49.7 Å². The summed E-state index contributed by atoms with van der Waals surface area (Å²) < 4.78 is 0. The quantitative estimate of drug-likeness (QED) is 0.697. The van der Waals surface area contributed by atoms with Crippen LogP contribution in [0.25, 0.3) is 11.1 Å². The summed E-state index contributed by atoms with van der Waals surface area (Å²) in [5, 5.41) is 10.6. The molecule has 0 heterocycles. The third-order valence-electron chi connectivity index (χ3n) is 7.75. The number of benzene rings is 2. The Kier molecular flexibility index (Phi) is 3.65. The third kappa shape index (κ3) is 2.44. The summed E-state index contributed by atoms with van der Waals surface area (Å²) in [6.07, 6.45) is 6.06. The number of phenolic OH excluding ortho intramolecular Hbond substituents is 1. The van der Waals surface area contributed by atoms with Crippen molar-refractivity contribution < 1.29 is 9.90 Å². The summed E-state index contributed by atoms with van der Waals surface area (Å²) in [4.78, 5) is 12.5. The van der Waals surface area contributed by atoms with Crippen molar-refractivity contribution in [2.45, 2.75) is 51.4 Å². The number of rotatable bonds is 1. The van der Waals surface area contributed by atoms with Crippen LogP contribution in [0.5, 0.6) is 5.75 Å². The lowest BCUT2D eigenvalue weighted by molar-refractivity contribution is -0.129. The molecule has 0 spiro atoms. The fourth-order valence-electron chi connectivity index (χ4n) is 6.32. The molecule has 5 rings (SSSR count). The van der Waals surface area contributed by atoms with E-state index in [4.69, 9.17) is 5.73 Å². The second kappa shape index (κ2) is 5.85. The van der Waals surface area contributed by atoms with Crippen molar-refractivity contribution in [2.24, 2.45) is 17.3 Å².